The first kappa shape index (κ1) is 13.6. The highest BCUT2D eigenvalue weighted by atomic mass is 32.2. The summed E-state index contributed by atoms with van der Waals surface area (Å²) in [6, 6.07) is 9.77. The number of carboxylic acids is 2. The maximum absolute atomic E-state index is 10.6. The largest absolute Gasteiger partial charge is 0.481 e. The van der Waals surface area contributed by atoms with Crippen LogP contribution in [0.2, 0.25) is 0 Å². The van der Waals surface area contributed by atoms with E-state index in [4.69, 9.17) is 10.2 Å². The molecule has 92 valence electrons. The molecule has 0 aliphatic heterocycles. The molecule has 0 heterocycles. The Labute approximate surface area is 104 Å². The minimum atomic E-state index is -1.29. The summed E-state index contributed by atoms with van der Waals surface area (Å²) >= 11 is 1.54. The van der Waals surface area contributed by atoms with Gasteiger partial charge in [-0.3, -0.25) is 9.59 Å². The third kappa shape index (κ3) is 4.91. The number of hydrogen-bond donors (Lipinski definition) is 2. The molecule has 2 N–H and O–H groups in total. The summed E-state index contributed by atoms with van der Waals surface area (Å²) in [5.74, 6) is -2.53. The molecule has 0 aliphatic rings. The van der Waals surface area contributed by atoms with Gasteiger partial charge in [0.15, 0.2) is 5.92 Å². The molecule has 0 amide bonds. The van der Waals surface area contributed by atoms with Crippen molar-refractivity contribution in [3.63, 3.8) is 0 Å². The molecule has 1 rings (SSSR count). The molecule has 1 aromatic rings. The van der Waals surface area contributed by atoms with Crippen LogP contribution >= 0.6 is 11.8 Å². The number of hydrogen-bond acceptors (Lipinski definition) is 3. The van der Waals surface area contributed by atoms with Crippen molar-refractivity contribution in [1.82, 2.24) is 0 Å². The van der Waals surface area contributed by atoms with E-state index in [1.807, 2.05) is 30.3 Å². The maximum atomic E-state index is 10.6. The quantitative estimate of drug-likeness (QED) is 0.575. The van der Waals surface area contributed by atoms with E-state index in [0.717, 1.165) is 11.3 Å². The van der Waals surface area contributed by atoms with Crippen LogP contribution in [0.15, 0.2) is 30.3 Å². The first-order chi connectivity index (χ1) is 8.11. The fourth-order valence-corrected chi connectivity index (χ4v) is 2.29. The van der Waals surface area contributed by atoms with Gasteiger partial charge in [-0.05, 0) is 17.7 Å². The average Bonchev–Trinajstić information content (AvgIpc) is 2.29. The first-order valence-electron chi connectivity index (χ1n) is 5.18. The van der Waals surface area contributed by atoms with Crippen molar-refractivity contribution in [1.29, 1.82) is 0 Å². The zero-order valence-corrected chi connectivity index (χ0v) is 10.0. The number of aliphatic carboxylic acids is 2. The van der Waals surface area contributed by atoms with Crippen molar-refractivity contribution in [2.24, 2.45) is 5.92 Å². The smallest absolute Gasteiger partial charge is 0.317 e. The monoisotopic (exact) mass is 254 g/mol. The third-order valence-corrected chi connectivity index (χ3v) is 3.32. The second kappa shape index (κ2) is 6.96. The molecule has 5 heteroatoms. The lowest BCUT2D eigenvalue weighted by Crippen LogP contribution is -2.23. The van der Waals surface area contributed by atoms with E-state index in [1.165, 1.54) is 0 Å². The zero-order chi connectivity index (χ0) is 12.7. The Hall–Kier alpha value is -1.49. The predicted octanol–water partition coefficient (Wildman–Crippen LogP) is 2.10. The molecule has 0 radical (unpaired) electrons. The van der Waals surface area contributed by atoms with Gasteiger partial charge in [0.1, 0.15) is 0 Å². The molecule has 0 aliphatic carbocycles. The van der Waals surface area contributed by atoms with Crippen LogP contribution in [0.5, 0.6) is 0 Å². The van der Waals surface area contributed by atoms with Crippen molar-refractivity contribution < 1.29 is 19.8 Å². The number of thioether (sulfide) groups is 1. The van der Waals surface area contributed by atoms with Gasteiger partial charge in [-0.2, -0.15) is 11.8 Å². The third-order valence-electron chi connectivity index (χ3n) is 2.26. The number of carbonyl (C=O) groups is 2. The Balaban J connectivity index is 2.28. The lowest BCUT2D eigenvalue weighted by molar-refractivity contribution is -0.154. The van der Waals surface area contributed by atoms with Gasteiger partial charge in [-0.25, -0.2) is 0 Å². The van der Waals surface area contributed by atoms with Crippen LogP contribution in [0.25, 0.3) is 0 Å². The van der Waals surface area contributed by atoms with Gasteiger partial charge in [0.2, 0.25) is 0 Å². The molecule has 0 atom stereocenters. The summed E-state index contributed by atoms with van der Waals surface area (Å²) in [6.07, 6.45) is 0.155. The average molecular weight is 254 g/mol. The Bertz CT molecular complexity index is 363. The van der Waals surface area contributed by atoms with Gasteiger partial charge in [0.05, 0.1) is 0 Å². The summed E-state index contributed by atoms with van der Waals surface area (Å²) in [6.45, 7) is 0. The SMILES string of the molecule is O=C(O)C(CCSCc1ccccc1)C(=O)O. The van der Waals surface area contributed by atoms with Gasteiger partial charge in [0.25, 0.3) is 0 Å². The van der Waals surface area contributed by atoms with E-state index in [9.17, 15) is 9.59 Å². The summed E-state index contributed by atoms with van der Waals surface area (Å²) in [5, 5.41) is 17.3. The zero-order valence-electron chi connectivity index (χ0n) is 9.20. The normalized spacial score (nSPS) is 10.4. The van der Waals surface area contributed by atoms with Crippen LogP contribution < -0.4 is 0 Å². The molecule has 0 aromatic heterocycles. The molecule has 17 heavy (non-hydrogen) atoms. The highest BCUT2D eigenvalue weighted by Gasteiger charge is 2.24. The topological polar surface area (TPSA) is 74.6 Å². The van der Waals surface area contributed by atoms with Crippen molar-refractivity contribution in [3.8, 4) is 0 Å². The molecule has 0 bridgehead atoms. The molecule has 0 saturated heterocycles. The lowest BCUT2D eigenvalue weighted by atomic mass is 10.1. The van der Waals surface area contributed by atoms with E-state index >= 15 is 0 Å². The van der Waals surface area contributed by atoms with Gasteiger partial charge in [-0.1, -0.05) is 30.3 Å². The van der Waals surface area contributed by atoms with E-state index < -0.39 is 17.9 Å². The Morgan fingerprint density at radius 2 is 1.71 bits per heavy atom. The molecule has 0 saturated carbocycles. The second-order valence-corrected chi connectivity index (χ2v) is 4.66. The van der Waals surface area contributed by atoms with Gasteiger partial charge >= 0.3 is 11.9 Å². The van der Waals surface area contributed by atoms with Gasteiger partial charge in [-0.15, -0.1) is 0 Å². The van der Waals surface area contributed by atoms with Gasteiger partial charge < -0.3 is 10.2 Å². The number of rotatable bonds is 7. The van der Waals surface area contributed by atoms with Crippen molar-refractivity contribution in [2.45, 2.75) is 12.2 Å². The summed E-state index contributed by atoms with van der Waals surface area (Å²) < 4.78 is 0. The van der Waals surface area contributed by atoms with Crippen LogP contribution in [-0.2, 0) is 15.3 Å². The Kier molecular flexibility index (Phi) is 5.56. The van der Waals surface area contributed by atoms with E-state index in [1.54, 1.807) is 11.8 Å². The molecule has 0 spiro atoms. The first-order valence-corrected chi connectivity index (χ1v) is 6.34. The maximum Gasteiger partial charge on any atom is 0.317 e. The molecule has 1 aromatic carbocycles. The van der Waals surface area contributed by atoms with Gasteiger partial charge in [0, 0.05) is 5.75 Å². The minimum absolute atomic E-state index is 0.155. The summed E-state index contributed by atoms with van der Waals surface area (Å²) in [4.78, 5) is 21.2. The van der Waals surface area contributed by atoms with E-state index in [-0.39, 0.29) is 6.42 Å². The van der Waals surface area contributed by atoms with Crippen LogP contribution in [0.1, 0.15) is 12.0 Å². The molecule has 0 fully saturated rings. The van der Waals surface area contributed by atoms with Crippen molar-refractivity contribution in [2.75, 3.05) is 5.75 Å². The summed E-state index contributed by atoms with van der Waals surface area (Å²) in [7, 11) is 0. The standard InChI is InChI=1S/C12H14O4S/c13-11(14)10(12(15)16)6-7-17-8-9-4-2-1-3-5-9/h1-5,10H,6-8H2,(H,13,14)(H,15,16). The summed E-state index contributed by atoms with van der Waals surface area (Å²) in [5.41, 5.74) is 1.15. The number of carboxylic acid groups (broad SMARTS) is 2. The molecule has 4 nitrogen and oxygen atoms in total. The van der Waals surface area contributed by atoms with Crippen LogP contribution in [0.4, 0.5) is 0 Å². The van der Waals surface area contributed by atoms with E-state index in [0.29, 0.717) is 5.75 Å². The second-order valence-electron chi connectivity index (χ2n) is 3.56. The predicted molar refractivity (Wildman–Crippen MR) is 66.0 cm³/mol. The fourth-order valence-electron chi connectivity index (χ4n) is 1.32. The Morgan fingerprint density at radius 3 is 2.24 bits per heavy atom. The van der Waals surface area contributed by atoms with Crippen LogP contribution in [-0.4, -0.2) is 27.9 Å². The highest BCUT2D eigenvalue weighted by molar-refractivity contribution is 7.98. The minimum Gasteiger partial charge on any atom is -0.481 e. The highest BCUT2D eigenvalue weighted by Crippen LogP contribution is 2.15. The molecular weight excluding hydrogens is 240 g/mol. The lowest BCUT2D eigenvalue weighted by Gasteiger charge is -2.06. The molecular formula is C12H14O4S. The van der Waals surface area contributed by atoms with Crippen LogP contribution in [0, 0.1) is 5.92 Å². The van der Waals surface area contributed by atoms with Crippen molar-refractivity contribution >= 4 is 23.7 Å². The fraction of sp³-hybridized carbons (Fsp3) is 0.333. The van der Waals surface area contributed by atoms with Crippen LogP contribution in [0.3, 0.4) is 0 Å². The Morgan fingerprint density at radius 1 is 1.12 bits per heavy atom. The van der Waals surface area contributed by atoms with E-state index in [2.05, 4.69) is 0 Å². The molecule has 0 unspecified atom stereocenters. The number of benzene rings is 1. The van der Waals surface area contributed by atoms with Crippen molar-refractivity contribution in [3.05, 3.63) is 35.9 Å².